The molecule has 2 N–H and O–H groups in total. The normalized spacial score (nSPS) is 61.3. The van der Waals surface area contributed by atoms with Crippen molar-refractivity contribution in [3.05, 3.63) is 0 Å². The van der Waals surface area contributed by atoms with Crippen molar-refractivity contribution in [3.63, 3.8) is 0 Å². The summed E-state index contributed by atoms with van der Waals surface area (Å²) in [5.74, 6) is -0.0579. The summed E-state index contributed by atoms with van der Waals surface area (Å²) in [5, 5.41) is 21.5. The van der Waals surface area contributed by atoms with Crippen LogP contribution in [0.5, 0.6) is 0 Å². The lowest BCUT2D eigenvalue weighted by Crippen LogP contribution is -2.72. The molecular weight excluding hydrogens is 336 g/mol. The quantitative estimate of drug-likeness (QED) is 0.637. The van der Waals surface area contributed by atoms with Crippen molar-refractivity contribution in [1.29, 1.82) is 0 Å². The molecule has 26 heavy (non-hydrogen) atoms. The average molecular weight is 366 g/mol. The molecule has 0 aromatic heterocycles. The number of fused-ring (bicyclic) bond motifs is 1. The maximum atomic E-state index is 12.7. The molecule has 3 heterocycles. The Labute approximate surface area is 154 Å². The standard InChI is InChI=1S/C20H30O6/c1-16-5-4-6-17(2)14(16)12(25-15(16)22)9-18(3,23)20(17)8-7-19(26-20)10-13(21)24-11-19/h12-14,21,23H,4-11H2,1-3H3/t12-,13+,14+,16+,17+,18+,19-,20+/m1/s1. The van der Waals surface area contributed by atoms with Gasteiger partial charge in [0.05, 0.1) is 23.2 Å². The Morgan fingerprint density at radius 2 is 1.85 bits per heavy atom. The lowest BCUT2D eigenvalue weighted by Gasteiger charge is -2.64. The van der Waals surface area contributed by atoms with Crippen LogP contribution in [-0.2, 0) is 19.0 Å². The number of ether oxygens (including phenoxy) is 3. The largest absolute Gasteiger partial charge is 0.461 e. The van der Waals surface area contributed by atoms with Crippen LogP contribution < -0.4 is 0 Å². The van der Waals surface area contributed by atoms with Crippen molar-refractivity contribution < 1.29 is 29.2 Å². The molecule has 5 aliphatic rings. The van der Waals surface area contributed by atoms with Gasteiger partial charge in [-0.1, -0.05) is 13.3 Å². The highest BCUT2D eigenvalue weighted by Gasteiger charge is 2.78. The second-order valence-electron chi connectivity index (χ2n) is 10.2. The molecule has 0 aromatic carbocycles. The third kappa shape index (κ3) is 1.80. The van der Waals surface area contributed by atoms with Crippen molar-refractivity contribution >= 4 is 5.97 Å². The Kier molecular flexibility index (Phi) is 3.23. The van der Waals surface area contributed by atoms with E-state index < -0.39 is 28.5 Å². The van der Waals surface area contributed by atoms with Gasteiger partial charge in [-0.05, 0) is 39.5 Å². The van der Waals surface area contributed by atoms with Gasteiger partial charge in [-0.2, -0.15) is 0 Å². The smallest absolute Gasteiger partial charge is 0.312 e. The van der Waals surface area contributed by atoms with Crippen LogP contribution in [0.25, 0.3) is 0 Å². The molecule has 0 amide bonds. The van der Waals surface area contributed by atoms with Gasteiger partial charge in [0.2, 0.25) is 0 Å². The molecular formula is C20H30O6. The predicted octanol–water partition coefficient (Wildman–Crippen LogP) is 1.91. The van der Waals surface area contributed by atoms with Crippen LogP contribution >= 0.6 is 0 Å². The van der Waals surface area contributed by atoms with E-state index in [0.29, 0.717) is 19.4 Å². The zero-order valence-corrected chi connectivity index (χ0v) is 15.9. The molecule has 5 fully saturated rings. The van der Waals surface area contributed by atoms with Crippen LogP contribution in [0.4, 0.5) is 0 Å². The summed E-state index contributed by atoms with van der Waals surface area (Å²) in [6.07, 6.45) is 3.98. The van der Waals surface area contributed by atoms with Crippen LogP contribution in [0.1, 0.15) is 65.7 Å². The van der Waals surface area contributed by atoms with E-state index in [9.17, 15) is 15.0 Å². The highest BCUT2D eigenvalue weighted by atomic mass is 16.6. The molecule has 3 aliphatic heterocycles. The lowest BCUT2D eigenvalue weighted by molar-refractivity contribution is -0.303. The van der Waals surface area contributed by atoms with Gasteiger partial charge in [-0.15, -0.1) is 0 Å². The SMILES string of the molecule is C[C@]1(O)C[C@H]2OC(=O)[C@@]3(C)CCC[C@@](C)([C@@H]23)[C@@]12CC[C@@]1(CO[C@H](O)C1)O2. The van der Waals surface area contributed by atoms with Gasteiger partial charge in [-0.25, -0.2) is 0 Å². The van der Waals surface area contributed by atoms with E-state index in [1.807, 2.05) is 13.8 Å². The molecule has 146 valence electrons. The molecule has 2 saturated carbocycles. The molecule has 8 atom stereocenters. The summed E-state index contributed by atoms with van der Waals surface area (Å²) < 4.78 is 18.0. The van der Waals surface area contributed by atoms with Crippen LogP contribution in [0.2, 0.25) is 0 Å². The second-order valence-corrected chi connectivity index (χ2v) is 10.2. The van der Waals surface area contributed by atoms with Crippen molar-refractivity contribution in [2.45, 2.75) is 94.9 Å². The predicted molar refractivity (Wildman–Crippen MR) is 91.0 cm³/mol. The fourth-order valence-electron chi connectivity index (χ4n) is 7.60. The molecule has 0 unspecified atom stereocenters. The highest BCUT2D eigenvalue weighted by Crippen LogP contribution is 2.71. The molecule has 0 aromatic rings. The summed E-state index contributed by atoms with van der Waals surface area (Å²) >= 11 is 0. The lowest BCUT2D eigenvalue weighted by atomic mass is 9.43. The zero-order valence-electron chi connectivity index (χ0n) is 15.9. The number of hydrogen-bond donors (Lipinski definition) is 2. The van der Waals surface area contributed by atoms with Gasteiger partial charge in [-0.3, -0.25) is 4.79 Å². The monoisotopic (exact) mass is 366 g/mol. The van der Waals surface area contributed by atoms with E-state index in [0.717, 1.165) is 32.1 Å². The first-order valence-electron chi connectivity index (χ1n) is 10.0. The van der Waals surface area contributed by atoms with E-state index in [4.69, 9.17) is 14.2 Å². The first kappa shape index (κ1) is 17.4. The van der Waals surface area contributed by atoms with Crippen LogP contribution in [0, 0.1) is 16.7 Å². The van der Waals surface area contributed by atoms with Crippen molar-refractivity contribution in [2.24, 2.45) is 16.7 Å². The Morgan fingerprint density at radius 3 is 2.54 bits per heavy atom. The van der Waals surface area contributed by atoms with Crippen molar-refractivity contribution in [2.75, 3.05) is 6.61 Å². The molecule has 6 nitrogen and oxygen atoms in total. The molecule has 5 rings (SSSR count). The van der Waals surface area contributed by atoms with E-state index in [2.05, 4.69) is 6.92 Å². The van der Waals surface area contributed by atoms with E-state index in [1.54, 1.807) is 0 Å². The maximum absolute atomic E-state index is 12.7. The summed E-state index contributed by atoms with van der Waals surface area (Å²) in [6, 6.07) is 0. The van der Waals surface area contributed by atoms with Gasteiger partial charge < -0.3 is 24.4 Å². The fourth-order valence-corrected chi connectivity index (χ4v) is 7.60. The summed E-state index contributed by atoms with van der Waals surface area (Å²) in [6.45, 7) is 6.45. The summed E-state index contributed by atoms with van der Waals surface area (Å²) in [4.78, 5) is 12.7. The highest BCUT2D eigenvalue weighted by molar-refractivity contribution is 5.80. The summed E-state index contributed by atoms with van der Waals surface area (Å²) in [5.41, 5.74) is -3.22. The average Bonchev–Trinajstić information content (AvgIpc) is 3.17. The van der Waals surface area contributed by atoms with Gasteiger partial charge >= 0.3 is 5.97 Å². The topological polar surface area (TPSA) is 85.2 Å². The Bertz CT molecular complexity index is 663. The minimum Gasteiger partial charge on any atom is -0.461 e. The van der Waals surface area contributed by atoms with Crippen molar-refractivity contribution in [3.8, 4) is 0 Å². The first-order chi connectivity index (χ1) is 12.1. The molecule has 0 bridgehead atoms. The Balaban J connectivity index is 1.62. The molecule has 6 heteroatoms. The number of aliphatic hydroxyl groups excluding tert-OH is 1. The third-order valence-electron chi connectivity index (χ3n) is 8.66. The van der Waals surface area contributed by atoms with E-state index >= 15 is 0 Å². The fraction of sp³-hybridized carbons (Fsp3) is 0.950. The van der Waals surface area contributed by atoms with Crippen LogP contribution in [-0.4, -0.2) is 52.0 Å². The number of esters is 1. The molecule has 2 aliphatic carbocycles. The second kappa shape index (κ2) is 4.83. The minimum atomic E-state index is -1.09. The van der Waals surface area contributed by atoms with Gasteiger partial charge in [0, 0.05) is 24.2 Å². The third-order valence-corrected chi connectivity index (χ3v) is 8.66. The molecule has 2 spiro atoms. The Morgan fingerprint density at radius 1 is 1.08 bits per heavy atom. The first-order valence-corrected chi connectivity index (χ1v) is 10.0. The van der Waals surface area contributed by atoms with E-state index in [-0.39, 0.29) is 23.4 Å². The van der Waals surface area contributed by atoms with Crippen molar-refractivity contribution in [1.82, 2.24) is 0 Å². The minimum absolute atomic E-state index is 0.0545. The molecule has 3 saturated heterocycles. The van der Waals surface area contributed by atoms with Gasteiger partial charge in [0.25, 0.3) is 0 Å². The Hall–Kier alpha value is -0.690. The molecule has 0 radical (unpaired) electrons. The number of carbonyl (C=O) groups excluding carboxylic acids is 1. The van der Waals surface area contributed by atoms with Crippen LogP contribution in [0.3, 0.4) is 0 Å². The van der Waals surface area contributed by atoms with Gasteiger partial charge in [0.15, 0.2) is 6.29 Å². The van der Waals surface area contributed by atoms with Crippen LogP contribution in [0.15, 0.2) is 0 Å². The number of carbonyl (C=O) groups is 1. The van der Waals surface area contributed by atoms with E-state index in [1.165, 1.54) is 0 Å². The maximum Gasteiger partial charge on any atom is 0.312 e. The number of rotatable bonds is 0. The number of hydrogen-bond acceptors (Lipinski definition) is 6. The summed E-state index contributed by atoms with van der Waals surface area (Å²) in [7, 11) is 0. The zero-order chi connectivity index (χ0) is 18.6. The van der Waals surface area contributed by atoms with Gasteiger partial charge in [0.1, 0.15) is 11.7 Å². The number of aliphatic hydroxyl groups is 2.